The molecule has 2 fully saturated rings. The van der Waals surface area contributed by atoms with Crippen LogP contribution in [0.3, 0.4) is 0 Å². The predicted molar refractivity (Wildman–Crippen MR) is 111 cm³/mol. The molecule has 0 saturated carbocycles. The highest BCUT2D eigenvalue weighted by atomic mass is 32.2. The number of amides is 1. The number of nitrogens with zero attached hydrogens (tertiary/aromatic N) is 4. The van der Waals surface area contributed by atoms with E-state index in [1.165, 1.54) is 24.3 Å². The maximum absolute atomic E-state index is 12.8. The van der Waals surface area contributed by atoms with Gasteiger partial charge in [0, 0.05) is 44.1 Å². The smallest absolute Gasteiger partial charge is 0.253 e. The van der Waals surface area contributed by atoms with Gasteiger partial charge in [0.1, 0.15) is 0 Å². The number of benzene rings is 1. The van der Waals surface area contributed by atoms with Crippen LogP contribution < -0.4 is 4.90 Å². The first kappa shape index (κ1) is 20.7. The first-order valence-electron chi connectivity index (χ1n) is 9.62. The van der Waals surface area contributed by atoms with Crippen molar-refractivity contribution in [1.82, 2.24) is 14.9 Å². The summed E-state index contributed by atoms with van der Waals surface area (Å²) in [5.41, 5.74) is 0.400. The molecule has 0 aliphatic carbocycles. The highest BCUT2D eigenvalue weighted by Gasteiger charge is 2.38. The maximum atomic E-state index is 12.8. The van der Waals surface area contributed by atoms with Crippen LogP contribution in [0.1, 0.15) is 16.8 Å². The lowest BCUT2D eigenvalue weighted by Crippen LogP contribution is -2.49. The third-order valence-corrected chi connectivity index (χ3v) is 9.65. The Labute approximate surface area is 175 Å². The number of hydrogen-bond donors (Lipinski definition) is 0. The van der Waals surface area contributed by atoms with Crippen LogP contribution in [0.5, 0.6) is 0 Å². The SMILES string of the molecule is O=C(c1ccc(S(=O)(=O)[C@@H]2CCS(=O)(=O)C2)cc1)N1CCN(c2ncccn2)CC1. The zero-order chi connectivity index (χ0) is 21.4. The second-order valence-electron chi connectivity index (χ2n) is 7.42. The predicted octanol–water partition coefficient (Wildman–Crippen LogP) is 0.400. The van der Waals surface area contributed by atoms with Crippen molar-refractivity contribution in [3.63, 3.8) is 0 Å². The number of rotatable bonds is 4. The van der Waals surface area contributed by atoms with Gasteiger partial charge >= 0.3 is 0 Å². The summed E-state index contributed by atoms with van der Waals surface area (Å²) >= 11 is 0. The fraction of sp³-hybridized carbons (Fsp3) is 0.421. The molecule has 0 radical (unpaired) electrons. The lowest BCUT2D eigenvalue weighted by atomic mass is 10.2. The van der Waals surface area contributed by atoms with Gasteiger partial charge in [0.15, 0.2) is 19.7 Å². The summed E-state index contributed by atoms with van der Waals surface area (Å²) < 4.78 is 48.6. The summed E-state index contributed by atoms with van der Waals surface area (Å²) in [6.07, 6.45) is 3.47. The second-order valence-corrected chi connectivity index (χ2v) is 11.9. The van der Waals surface area contributed by atoms with Crippen LogP contribution in [0, 0.1) is 0 Å². The lowest BCUT2D eigenvalue weighted by Gasteiger charge is -2.34. The van der Waals surface area contributed by atoms with Crippen LogP contribution >= 0.6 is 0 Å². The molecule has 0 N–H and O–H groups in total. The number of aromatic nitrogens is 2. The van der Waals surface area contributed by atoms with Crippen molar-refractivity contribution in [3.8, 4) is 0 Å². The van der Waals surface area contributed by atoms with Crippen LogP contribution in [-0.4, -0.2) is 80.5 Å². The Morgan fingerprint density at radius 1 is 1.00 bits per heavy atom. The molecule has 1 amide bonds. The second kappa shape index (κ2) is 7.95. The number of hydrogen-bond acceptors (Lipinski definition) is 8. The molecule has 1 aromatic heterocycles. The van der Waals surface area contributed by atoms with Gasteiger partial charge in [-0.15, -0.1) is 0 Å². The van der Waals surface area contributed by atoms with Crippen molar-refractivity contribution in [2.45, 2.75) is 16.6 Å². The molecule has 0 spiro atoms. The zero-order valence-electron chi connectivity index (χ0n) is 16.2. The molecule has 0 unspecified atom stereocenters. The number of carbonyl (C=O) groups is 1. The standard InChI is InChI=1S/C19H22N4O5S2/c24-18(22-9-11-23(12-10-22)19-20-7-1-8-21-19)15-2-4-16(5-3-15)30(27,28)17-6-13-29(25,26)14-17/h1-5,7-8,17H,6,9-14H2/t17-/m1/s1. The Balaban J connectivity index is 1.41. The van der Waals surface area contributed by atoms with Gasteiger partial charge in [-0.3, -0.25) is 4.79 Å². The Kier molecular flexibility index (Phi) is 5.49. The van der Waals surface area contributed by atoms with Crippen LogP contribution in [0.15, 0.2) is 47.6 Å². The molecule has 9 nitrogen and oxygen atoms in total. The van der Waals surface area contributed by atoms with Gasteiger partial charge in [0.05, 0.1) is 21.7 Å². The lowest BCUT2D eigenvalue weighted by molar-refractivity contribution is 0.0746. The van der Waals surface area contributed by atoms with E-state index in [0.717, 1.165) is 0 Å². The van der Waals surface area contributed by atoms with Gasteiger partial charge in [-0.25, -0.2) is 26.8 Å². The summed E-state index contributed by atoms with van der Waals surface area (Å²) in [5.74, 6) is 0.0166. The van der Waals surface area contributed by atoms with E-state index >= 15 is 0 Å². The molecule has 1 atom stereocenters. The molecular weight excluding hydrogens is 428 g/mol. The zero-order valence-corrected chi connectivity index (χ0v) is 17.8. The number of sulfone groups is 2. The van der Waals surface area contributed by atoms with Gasteiger partial charge in [-0.05, 0) is 36.8 Å². The molecule has 30 heavy (non-hydrogen) atoms. The largest absolute Gasteiger partial charge is 0.337 e. The van der Waals surface area contributed by atoms with Crippen LogP contribution in [0.4, 0.5) is 5.95 Å². The number of anilines is 1. The fourth-order valence-corrected chi connectivity index (χ4v) is 8.09. The normalized spacial score (nSPS) is 21.5. The molecule has 0 bridgehead atoms. The van der Waals surface area contributed by atoms with E-state index in [1.54, 1.807) is 23.4 Å². The fourth-order valence-electron chi connectivity index (χ4n) is 3.73. The van der Waals surface area contributed by atoms with Crippen molar-refractivity contribution < 1.29 is 21.6 Å². The monoisotopic (exact) mass is 450 g/mol. The van der Waals surface area contributed by atoms with Crippen LogP contribution in [0.2, 0.25) is 0 Å². The highest BCUT2D eigenvalue weighted by Crippen LogP contribution is 2.26. The molecule has 2 saturated heterocycles. The third kappa shape index (κ3) is 4.17. The molecule has 1 aromatic carbocycles. The van der Waals surface area contributed by atoms with Crippen LogP contribution in [0.25, 0.3) is 0 Å². The molecule has 4 rings (SSSR count). The van der Waals surface area contributed by atoms with E-state index in [2.05, 4.69) is 9.97 Å². The summed E-state index contributed by atoms with van der Waals surface area (Å²) in [7, 11) is -7.04. The Hall–Kier alpha value is -2.53. The minimum Gasteiger partial charge on any atom is -0.337 e. The Morgan fingerprint density at radius 2 is 1.63 bits per heavy atom. The third-order valence-electron chi connectivity index (χ3n) is 5.46. The van der Waals surface area contributed by atoms with E-state index in [0.29, 0.717) is 37.7 Å². The van der Waals surface area contributed by atoms with Gasteiger partial charge < -0.3 is 9.80 Å². The average Bonchev–Trinajstić information content (AvgIpc) is 3.14. The van der Waals surface area contributed by atoms with Crippen molar-refractivity contribution >= 4 is 31.5 Å². The molecule has 2 aliphatic heterocycles. The highest BCUT2D eigenvalue weighted by molar-refractivity contribution is 7.96. The molecular formula is C19H22N4O5S2. The molecule has 160 valence electrons. The topological polar surface area (TPSA) is 118 Å². The minimum absolute atomic E-state index is 0.0483. The van der Waals surface area contributed by atoms with E-state index < -0.39 is 24.9 Å². The van der Waals surface area contributed by atoms with Gasteiger partial charge in [0.2, 0.25) is 5.95 Å². The first-order valence-corrected chi connectivity index (χ1v) is 13.0. The Morgan fingerprint density at radius 3 is 2.20 bits per heavy atom. The summed E-state index contributed by atoms with van der Waals surface area (Å²) in [5, 5.41) is -0.919. The van der Waals surface area contributed by atoms with E-state index in [9.17, 15) is 21.6 Å². The molecule has 2 aliphatic rings. The van der Waals surface area contributed by atoms with Crippen molar-refractivity contribution in [2.75, 3.05) is 42.6 Å². The maximum Gasteiger partial charge on any atom is 0.253 e. The summed E-state index contributed by atoms with van der Waals surface area (Å²) in [6.45, 7) is 2.24. The molecule has 3 heterocycles. The van der Waals surface area contributed by atoms with Crippen molar-refractivity contribution in [2.24, 2.45) is 0 Å². The van der Waals surface area contributed by atoms with Gasteiger partial charge in [0.25, 0.3) is 5.91 Å². The van der Waals surface area contributed by atoms with Crippen LogP contribution in [-0.2, 0) is 19.7 Å². The van der Waals surface area contributed by atoms with Crippen molar-refractivity contribution in [3.05, 3.63) is 48.3 Å². The number of piperazine rings is 1. The van der Waals surface area contributed by atoms with E-state index in [4.69, 9.17) is 0 Å². The van der Waals surface area contributed by atoms with Gasteiger partial charge in [-0.1, -0.05) is 0 Å². The average molecular weight is 451 g/mol. The van der Waals surface area contributed by atoms with Gasteiger partial charge in [-0.2, -0.15) is 0 Å². The minimum atomic E-state index is -3.74. The molecule has 2 aromatic rings. The quantitative estimate of drug-likeness (QED) is 0.657. The van der Waals surface area contributed by atoms with Crippen molar-refractivity contribution in [1.29, 1.82) is 0 Å². The summed E-state index contributed by atoms with van der Waals surface area (Å²) in [6, 6.07) is 7.51. The first-order chi connectivity index (χ1) is 14.3. The number of carbonyl (C=O) groups excluding carboxylic acids is 1. The Bertz CT molecular complexity index is 1130. The molecule has 11 heteroatoms. The summed E-state index contributed by atoms with van der Waals surface area (Å²) in [4.78, 5) is 25.0. The van der Waals surface area contributed by atoms with E-state index in [1.807, 2.05) is 4.90 Å². The van der Waals surface area contributed by atoms with E-state index in [-0.39, 0.29) is 28.7 Å².